The summed E-state index contributed by atoms with van der Waals surface area (Å²) in [6, 6.07) is 7.18. The van der Waals surface area contributed by atoms with Gasteiger partial charge in [-0.05, 0) is 18.6 Å². The van der Waals surface area contributed by atoms with Gasteiger partial charge in [-0.25, -0.2) is 8.42 Å². The van der Waals surface area contributed by atoms with E-state index in [9.17, 15) is 18.0 Å². The zero-order valence-corrected chi connectivity index (χ0v) is 12.3. The Hall–Kier alpha value is -2.15. The van der Waals surface area contributed by atoms with Crippen molar-refractivity contribution in [2.24, 2.45) is 0 Å². The van der Waals surface area contributed by atoms with Gasteiger partial charge in [0, 0.05) is 17.5 Å². The highest BCUT2D eigenvalue weighted by Crippen LogP contribution is 2.11. The maximum absolute atomic E-state index is 11.9. The van der Waals surface area contributed by atoms with Crippen LogP contribution in [0, 0.1) is 0 Å². The predicted octanol–water partition coefficient (Wildman–Crippen LogP) is 1.34. The largest absolute Gasteiger partial charge is 0.481 e. The smallest absolute Gasteiger partial charge is 0.305 e. The molecule has 0 radical (unpaired) electrons. The molecule has 2 N–H and O–H groups in total. The summed E-state index contributed by atoms with van der Waals surface area (Å²) in [5.41, 5.74) is 0. The Balaban J connectivity index is 2.71. The molecule has 1 aromatic carbocycles. The lowest BCUT2D eigenvalue weighted by atomic mass is 10.1. The number of aliphatic carboxylic acids is 1. The molecule has 0 aliphatic heterocycles. The van der Waals surface area contributed by atoms with Crippen LogP contribution >= 0.6 is 0 Å². The van der Waals surface area contributed by atoms with E-state index in [1.807, 2.05) is 0 Å². The van der Waals surface area contributed by atoms with Gasteiger partial charge in [-0.15, -0.1) is 0 Å². The predicted molar refractivity (Wildman–Crippen MR) is 77.2 cm³/mol. The van der Waals surface area contributed by atoms with E-state index in [1.165, 1.54) is 12.1 Å². The number of nitrogens with one attached hydrogen (secondary N) is 1. The quantitative estimate of drug-likeness (QED) is 0.740. The molecule has 1 atom stereocenters. The second-order valence-electron chi connectivity index (χ2n) is 4.37. The molecular weight excluding hydrogens is 294 g/mol. The summed E-state index contributed by atoms with van der Waals surface area (Å²) in [6.45, 7) is 1.73. The molecule has 0 saturated carbocycles. The van der Waals surface area contributed by atoms with Gasteiger partial charge in [-0.1, -0.05) is 25.1 Å². The Bertz CT molecular complexity index is 622. The highest BCUT2D eigenvalue weighted by atomic mass is 32.2. The summed E-state index contributed by atoms with van der Waals surface area (Å²) in [4.78, 5) is 22.3. The molecule has 7 heteroatoms. The lowest BCUT2D eigenvalue weighted by Crippen LogP contribution is -2.34. The van der Waals surface area contributed by atoms with E-state index in [0.29, 0.717) is 6.42 Å². The van der Waals surface area contributed by atoms with E-state index >= 15 is 0 Å². The molecular formula is C14H17NO5S. The number of hydrogen-bond acceptors (Lipinski definition) is 4. The molecule has 6 nitrogen and oxygen atoms in total. The maximum atomic E-state index is 11.9. The number of amides is 1. The molecule has 21 heavy (non-hydrogen) atoms. The summed E-state index contributed by atoms with van der Waals surface area (Å²) in [5, 5.41) is 11.9. The van der Waals surface area contributed by atoms with Gasteiger partial charge in [0.25, 0.3) is 0 Å². The topological polar surface area (TPSA) is 101 Å². The first kappa shape index (κ1) is 16.9. The molecule has 0 saturated heterocycles. The van der Waals surface area contributed by atoms with Crippen LogP contribution in [0.4, 0.5) is 0 Å². The second kappa shape index (κ2) is 7.58. The Labute approximate surface area is 123 Å². The van der Waals surface area contributed by atoms with Gasteiger partial charge in [-0.3, -0.25) is 9.59 Å². The van der Waals surface area contributed by atoms with Crippen molar-refractivity contribution < 1.29 is 23.1 Å². The SMILES string of the molecule is CCC(CC(=O)O)NC(=O)/C=C/S(=O)(=O)c1ccccc1. The fourth-order valence-corrected chi connectivity index (χ4v) is 2.59. The highest BCUT2D eigenvalue weighted by molar-refractivity contribution is 7.94. The lowest BCUT2D eigenvalue weighted by molar-refractivity contribution is -0.137. The van der Waals surface area contributed by atoms with Crippen LogP contribution in [0.15, 0.2) is 46.7 Å². The normalized spacial score (nSPS) is 13.0. The summed E-state index contributed by atoms with van der Waals surface area (Å²) >= 11 is 0. The minimum absolute atomic E-state index is 0.0895. The minimum Gasteiger partial charge on any atom is -0.481 e. The van der Waals surface area contributed by atoms with Crippen molar-refractivity contribution in [3.8, 4) is 0 Å². The zero-order valence-electron chi connectivity index (χ0n) is 11.5. The van der Waals surface area contributed by atoms with E-state index in [-0.39, 0.29) is 11.3 Å². The molecule has 0 aromatic heterocycles. The molecule has 1 amide bonds. The van der Waals surface area contributed by atoms with Crippen molar-refractivity contribution in [1.82, 2.24) is 5.32 Å². The van der Waals surface area contributed by atoms with Crippen LogP contribution in [0.25, 0.3) is 0 Å². The van der Waals surface area contributed by atoms with Gasteiger partial charge in [-0.2, -0.15) is 0 Å². The van der Waals surface area contributed by atoms with Crippen molar-refractivity contribution in [3.05, 3.63) is 41.8 Å². The van der Waals surface area contributed by atoms with Crippen molar-refractivity contribution in [3.63, 3.8) is 0 Å². The zero-order chi connectivity index (χ0) is 15.9. The summed E-state index contributed by atoms with van der Waals surface area (Å²) in [5.74, 6) is -1.66. The average Bonchev–Trinajstić information content (AvgIpc) is 2.45. The van der Waals surface area contributed by atoms with Crippen LogP contribution in [0.3, 0.4) is 0 Å². The highest BCUT2D eigenvalue weighted by Gasteiger charge is 2.14. The number of benzene rings is 1. The van der Waals surface area contributed by atoms with Gasteiger partial charge in [0.15, 0.2) is 9.84 Å². The molecule has 0 fully saturated rings. The van der Waals surface area contributed by atoms with E-state index < -0.39 is 27.8 Å². The second-order valence-corrected chi connectivity index (χ2v) is 6.21. The number of carboxylic acids is 1. The van der Waals surface area contributed by atoms with E-state index in [1.54, 1.807) is 25.1 Å². The summed E-state index contributed by atoms with van der Waals surface area (Å²) < 4.78 is 23.8. The van der Waals surface area contributed by atoms with E-state index in [2.05, 4.69) is 5.32 Å². The van der Waals surface area contributed by atoms with Crippen LogP contribution in [0.5, 0.6) is 0 Å². The third-order valence-corrected chi connectivity index (χ3v) is 4.15. The molecule has 0 heterocycles. The fraction of sp³-hybridized carbons (Fsp3) is 0.286. The third kappa shape index (κ3) is 5.78. The Morgan fingerprint density at radius 2 is 1.90 bits per heavy atom. The van der Waals surface area contributed by atoms with Gasteiger partial charge in [0.05, 0.1) is 11.3 Å². The van der Waals surface area contributed by atoms with E-state index in [0.717, 1.165) is 11.5 Å². The third-order valence-electron chi connectivity index (χ3n) is 2.73. The Morgan fingerprint density at radius 3 is 2.43 bits per heavy atom. The number of carboxylic acid groups (broad SMARTS) is 1. The minimum atomic E-state index is -3.68. The van der Waals surface area contributed by atoms with Crippen LogP contribution in [0.2, 0.25) is 0 Å². The molecule has 0 bridgehead atoms. The van der Waals surface area contributed by atoms with Crippen molar-refractivity contribution in [1.29, 1.82) is 0 Å². The monoisotopic (exact) mass is 311 g/mol. The number of carbonyl (C=O) groups excluding carboxylic acids is 1. The van der Waals surface area contributed by atoms with Crippen molar-refractivity contribution >= 4 is 21.7 Å². The molecule has 0 spiro atoms. The van der Waals surface area contributed by atoms with Crippen molar-refractivity contribution in [2.75, 3.05) is 0 Å². The summed E-state index contributed by atoms with van der Waals surface area (Å²) in [6.07, 6.45) is 1.13. The molecule has 114 valence electrons. The standard InChI is InChI=1S/C14H17NO5S/c1-2-11(10-14(17)18)15-13(16)8-9-21(19,20)12-6-4-3-5-7-12/h3-9,11H,2,10H2,1H3,(H,15,16)(H,17,18)/b9-8+. The molecule has 1 rings (SSSR count). The van der Waals surface area contributed by atoms with E-state index in [4.69, 9.17) is 5.11 Å². The van der Waals surface area contributed by atoms with Crippen molar-refractivity contribution in [2.45, 2.75) is 30.7 Å². The first-order valence-corrected chi connectivity index (χ1v) is 7.90. The number of rotatable bonds is 7. The Morgan fingerprint density at radius 1 is 1.29 bits per heavy atom. The molecule has 0 aliphatic rings. The Kier molecular flexibility index (Phi) is 6.10. The number of sulfone groups is 1. The van der Waals surface area contributed by atoms with Gasteiger partial charge < -0.3 is 10.4 Å². The maximum Gasteiger partial charge on any atom is 0.305 e. The molecule has 1 unspecified atom stereocenters. The van der Waals surface area contributed by atoms with Gasteiger partial charge in [0.2, 0.25) is 5.91 Å². The first-order valence-electron chi connectivity index (χ1n) is 6.35. The van der Waals surface area contributed by atoms with Crippen LogP contribution in [0.1, 0.15) is 19.8 Å². The number of hydrogen-bond donors (Lipinski definition) is 2. The van der Waals surface area contributed by atoms with Crippen LogP contribution < -0.4 is 5.32 Å². The number of carbonyl (C=O) groups is 2. The molecule has 0 aliphatic carbocycles. The van der Waals surface area contributed by atoms with Crippen LogP contribution in [-0.2, 0) is 19.4 Å². The summed E-state index contributed by atoms with van der Waals surface area (Å²) in [7, 11) is -3.68. The van der Waals surface area contributed by atoms with Gasteiger partial charge >= 0.3 is 5.97 Å². The average molecular weight is 311 g/mol. The lowest BCUT2D eigenvalue weighted by Gasteiger charge is -2.12. The molecule has 1 aromatic rings. The van der Waals surface area contributed by atoms with Gasteiger partial charge in [0.1, 0.15) is 0 Å². The fourth-order valence-electron chi connectivity index (χ4n) is 1.60. The van der Waals surface area contributed by atoms with Crippen LogP contribution in [-0.4, -0.2) is 31.4 Å². The first-order chi connectivity index (χ1) is 9.85.